The Bertz CT molecular complexity index is 1160. The molecule has 0 amide bonds. The van der Waals surface area contributed by atoms with Gasteiger partial charge in [0, 0.05) is 11.0 Å². The lowest BCUT2D eigenvalue weighted by Gasteiger charge is -2.36. The molecule has 154 valence electrons. The van der Waals surface area contributed by atoms with Gasteiger partial charge < -0.3 is 4.74 Å². The number of aromatic nitrogens is 2. The summed E-state index contributed by atoms with van der Waals surface area (Å²) in [6.07, 6.45) is 5.37. The van der Waals surface area contributed by atoms with E-state index >= 15 is 0 Å². The third-order valence-electron chi connectivity index (χ3n) is 6.54. The maximum atomic E-state index is 14.2. The van der Waals surface area contributed by atoms with Gasteiger partial charge in [0.05, 0.1) is 24.1 Å². The van der Waals surface area contributed by atoms with Gasteiger partial charge in [-0.1, -0.05) is 67.9 Å². The van der Waals surface area contributed by atoms with E-state index in [0.717, 1.165) is 52.7 Å². The second-order valence-electron chi connectivity index (χ2n) is 8.18. The van der Waals surface area contributed by atoms with Crippen LogP contribution in [0.1, 0.15) is 43.7 Å². The third-order valence-corrected chi connectivity index (χ3v) is 7.37. The van der Waals surface area contributed by atoms with Crippen molar-refractivity contribution in [3.63, 3.8) is 0 Å². The van der Waals surface area contributed by atoms with E-state index in [1.165, 1.54) is 18.4 Å². The van der Waals surface area contributed by atoms with Gasteiger partial charge in [0.2, 0.25) is 0 Å². The van der Waals surface area contributed by atoms with Gasteiger partial charge in [0.25, 0.3) is 5.56 Å². The predicted molar refractivity (Wildman–Crippen MR) is 122 cm³/mol. The van der Waals surface area contributed by atoms with Gasteiger partial charge in [-0.15, -0.1) is 0 Å². The molecule has 0 aliphatic heterocycles. The van der Waals surface area contributed by atoms with Gasteiger partial charge in [-0.2, -0.15) is 0 Å². The molecule has 2 aliphatic carbocycles. The first-order chi connectivity index (χ1) is 14.7. The Morgan fingerprint density at radius 1 is 1.10 bits per heavy atom. The van der Waals surface area contributed by atoms with Crippen molar-refractivity contribution in [2.45, 2.75) is 49.6 Å². The molecule has 1 spiro atoms. The van der Waals surface area contributed by atoms with Crippen molar-refractivity contribution in [3.8, 4) is 22.7 Å². The SMILES string of the molecule is CCSc1nc2c(c(=O)n1-c1ccccc1OC)C1(CCCC1)Cc1ccccc1-2. The molecule has 2 aromatic carbocycles. The number of rotatable bonds is 4. The minimum atomic E-state index is -0.104. The zero-order valence-electron chi connectivity index (χ0n) is 17.5. The molecule has 4 nitrogen and oxygen atoms in total. The van der Waals surface area contributed by atoms with Crippen LogP contribution in [0.25, 0.3) is 16.9 Å². The van der Waals surface area contributed by atoms with Crippen molar-refractivity contribution in [2.75, 3.05) is 12.9 Å². The Morgan fingerprint density at radius 3 is 2.60 bits per heavy atom. The molecule has 0 bridgehead atoms. The first-order valence-corrected chi connectivity index (χ1v) is 11.7. The summed E-state index contributed by atoms with van der Waals surface area (Å²) in [6.45, 7) is 2.09. The highest BCUT2D eigenvalue weighted by Crippen LogP contribution is 2.50. The van der Waals surface area contributed by atoms with Crippen LogP contribution in [0.3, 0.4) is 0 Å². The molecule has 0 radical (unpaired) electrons. The van der Waals surface area contributed by atoms with Crippen LogP contribution in [0.4, 0.5) is 0 Å². The number of methoxy groups -OCH3 is 1. The van der Waals surface area contributed by atoms with E-state index < -0.39 is 0 Å². The van der Waals surface area contributed by atoms with Crippen LogP contribution >= 0.6 is 11.8 Å². The standard InChI is InChI=1S/C25H26N2O2S/c1-3-30-24-26-22-18-11-5-4-10-17(18)16-25(14-8-9-15-25)21(22)23(28)27(24)19-12-6-7-13-20(19)29-2/h4-7,10-13H,3,8-9,14-16H2,1-2H3. The highest BCUT2D eigenvalue weighted by molar-refractivity contribution is 7.99. The number of ether oxygens (including phenoxy) is 1. The largest absolute Gasteiger partial charge is 0.495 e. The lowest BCUT2D eigenvalue weighted by Crippen LogP contribution is -2.40. The van der Waals surface area contributed by atoms with Gasteiger partial charge in [0.15, 0.2) is 5.16 Å². The zero-order chi connectivity index (χ0) is 20.7. The fourth-order valence-corrected chi connectivity index (χ4v) is 5.99. The van der Waals surface area contributed by atoms with Gasteiger partial charge in [0.1, 0.15) is 5.75 Å². The molecular weight excluding hydrogens is 392 g/mol. The topological polar surface area (TPSA) is 44.1 Å². The van der Waals surface area contributed by atoms with Crippen LogP contribution in [-0.2, 0) is 11.8 Å². The number of hydrogen-bond donors (Lipinski definition) is 0. The normalized spacial score (nSPS) is 16.3. The van der Waals surface area contributed by atoms with Crippen molar-refractivity contribution in [1.82, 2.24) is 9.55 Å². The summed E-state index contributed by atoms with van der Waals surface area (Å²) in [7, 11) is 1.65. The highest BCUT2D eigenvalue weighted by Gasteiger charge is 2.44. The number of para-hydroxylation sites is 2. The first kappa shape index (κ1) is 19.4. The van der Waals surface area contributed by atoms with E-state index in [1.807, 2.05) is 24.3 Å². The molecule has 5 heteroatoms. The molecule has 1 fully saturated rings. The average Bonchev–Trinajstić information content (AvgIpc) is 3.22. The molecule has 0 saturated heterocycles. The van der Waals surface area contributed by atoms with Crippen LogP contribution in [0.5, 0.6) is 5.75 Å². The quantitative estimate of drug-likeness (QED) is 0.421. The molecule has 3 aromatic rings. The Labute approximate surface area is 181 Å². The minimum Gasteiger partial charge on any atom is -0.495 e. The second kappa shape index (κ2) is 7.62. The Hall–Kier alpha value is -2.53. The summed E-state index contributed by atoms with van der Waals surface area (Å²) < 4.78 is 7.40. The second-order valence-corrected chi connectivity index (χ2v) is 9.42. The van der Waals surface area contributed by atoms with Crippen LogP contribution in [0, 0.1) is 0 Å². The Balaban J connectivity index is 1.87. The lowest BCUT2D eigenvalue weighted by molar-refractivity contribution is 0.407. The molecular formula is C25H26N2O2S. The first-order valence-electron chi connectivity index (χ1n) is 10.7. The smallest absolute Gasteiger partial charge is 0.263 e. The molecule has 1 saturated carbocycles. The van der Waals surface area contributed by atoms with E-state index in [4.69, 9.17) is 9.72 Å². The van der Waals surface area contributed by atoms with Gasteiger partial charge in [-0.05, 0) is 42.7 Å². The van der Waals surface area contributed by atoms with E-state index in [2.05, 4.69) is 31.2 Å². The highest BCUT2D eigenvalue weighted by atomic mass is 32.2. The summed E-state index contributed by atoms with van der Waals surface area (Å²) in [5.41, 5.74) is 4.97. The number of hydrogen-bond acceptors (Lipinski definition) is 4. The zero-order valence-corrected chi connectivity index (χ0v) is 18.3. The van der Waals surface area contributed by atoms with Gasteiger partial charge >= 0.3 is 0 Å². The van der Waals surface area contributed by atoms with Crippen molar-refractivity contribution >= 4 is 11.8 Å². The van der Waals surface area contributed by atoms with Gasteiger partial charge in [-0.25, -0.2) is 4.98 Å². The summed E-state index contributed by atoms with van der Waals surface area (Å²) >= 11 is 1.60. The van der Waals surface area contributed by atoms with Crippen LogP contribution in [0.15, 0.2) is 58.5 Å². The Kier molecular flexibility index (Phi) is 4.94. The van der Waals surface area contributed by atoms with Crippen molar-refractivity contribution in [1.29, 1.82) is 0 Å². The number of thioether (sulfide) groups is 1. The average molecular weight is 419 g/mol. The van der Waals surface area contributed by atoms with Crippen molar-refractivity contribution in [2.24, 2.45) is 0 Å². The van der Waals surface area contributed by atoms with E-state index in [0.29, 0.717) is 5.75 Å². The summed E-state index contributed by atoms with van der Waals surface area (Å²) in [6, 6.07) is 16.2. The maximum Gasteiger partial charge on any atom is 0.263 e. The fraction of sp³-hybridized carbons (Fsp3) is 0.360. The van der Waals surface area contributed by atoms with Crippen LogP contribution in [0.2, 0.25) is 0 Å². The molecule has 0 N–H and O–H groups in total. The lowest BCUT2D eigenvalue weighted by atomic mass is 9.68. The summed E-state index contributed by atoms with van der Waals surface area (Å²) in [4.78, 5) is 19.3. The molecule has 0 atom stereocenters. The fourth-order valence-electron chi connectivity index (χ4n) is 5.26. The molecule has 2 aliphatic rings. The number of benzene rings is 2. The van der Waals surface area contributed by atoms with E-state index in [9.17, 15) is 4.79 Å². The molecule has 1 heterocycles. The molecule has 5 rings (SSSR count). The van der Waals surface area contributed by atoms with E-state index in [1.54, 1.807) is 23.4 Å². The monoisotopic (exact) mass is 418 g/mol. The summed E-state index contributed by atoms with van der Waals surface area (Å²) in [5.74, 6) is 1.53. The molecule has 1 aromatic heterocycles. The van der Waals surface area contributed by atoms with E-state index in [-0.39, 0.29) is 11.0 Å². The van der Waals surface area contributed by atoms with Crippen molar-refractivity contribution < 1.29 is 4.74 Å². The number of fused-ring (bicyclic) bond motifs is 4. The van der Waals surface area contributed by atoms with Gasteiger partial charge in [-0.3, -0.25) is 9.36 Å². The maximum absolute atomic E-state index is 14.2. The van der Waals surface area contributed by atoms with Crippen molar-refractivity contribution in [3.05, 3.63) is 70.0 Å². The number of nitrogens with zero attached hydrogens (tertiary/aromatic N) is 2. The Morgan fingerprint density at radius 2 is 1.83 bits per heavy atom. The molecule has 0 unspecified atom stereocenters. The summed E-state index contributed by atoms with van der Waals surface area (Å²) in [5, 5.41) is 0.732. The predicted octanol–water partition coefficient (Wildman–Crippen LogP) is 5.39. The van der Waals surface area contributed by atoms with Crippen LogP contribution < -0.4 is 10.3 Å². The minimum absolute atomic E-state index is 0.0665. The third kappa shape index (κ3) is 2.90. The van der Waals surface area contributed by atoms with Crippen LogP contribution in [-0.4, -0.2) is 22.4 Å². The molecule has 30 heavy (non-hydrogen) atoms.